The number of fused-ring (bicyclic) bond motifs is 13. The van der Waals surface area contributed by atoms with Crippen molar-refractivity contribution in [2.24, 2.45) is 0 Å². The molecule has 5 aromatic heterocycles. The van der Waals surface area contributed by atoms with E-state index in [-0.39, 0.29) is 0 Å². The minimum Gasteiger partial charge on any atom is -0.456 e. The zero-order chi connectivity index (χ0) is 44.5. The Morgan fingerprint density at radius 3 is 1.71 bits per heavy atom. The highest BCUT2D eigenvalue weighted by molar-refractivity contribution is 7.25. The summed E-state index contributed by atoms with van der Waals surface area (Å²) in [5.41, 5.74) is 10.8. The Hall–Kier alpha value is -8.91. The van der Waals surface area contributed by atoms with Crippen molar-refractivity contribution >= 4 is 108 Å². The van der Waals surface area contributed by atoms with E-state index < -0.39 is 0 Å². The van der Waals surface area contributed by atoms with Crippen molar-refractivity contribution < 1.29 is 4.42 Å². The van der Waals surface area contributed by atoms with E-state index in [0.29, 0.717) is 17.5 Å². The molecule has 0 spiro atoms. The fourth-order valence-electron chi connectivity index (χ4n) is 10.6. The minimum absolute atomic E-state index is 0.558. The van der Waals surface area contributed by atoms with Crippen LogP contribution in [0.5, 0.6) is 0 Å². The van der Waals surface area contributed by atoms with Gasteiger partial charge in [-0.1, -0.05) is 127 Å². The zero-order valence-corrected chi connectivity index (χ0v) is 37.1. The Kier molecular flexibility index (Phi) is 7.85. The SMILES string of the molecule is c1ccc(-n2c3ccccc3c3cc(-c4nc(-c5cc(-n6c7ccccc7c7cc8ccccc8cc76)c6c(c5)oc5ccccc56)nc(-c5ccc6c(c5)sc5ccccc56)n4)ccc32)cc1. The van der Waals surface area contributed by atoms with E-state index in [9.17, 15) is 0 Å². The van der Waals surface area contributed by atoms with Crippen molar-refractivity contribution in [1.82, 2.24) is 24.1 Å². The Bertz CT molecular complexity index is 4580. The summed E-state index contributed by atoms with van der Waals surface area (Å²) in [5, 5.41) is 11.6. The molecule has 0 aliphatic heterocycles. The molecule has 6 nitrogen and oxygen atoms in total. The summed E-state index contributed by atoms with van der Waals surface area (Å²) in [5.74, 6) is 1.75. The van der Waals surface area contributed by atoms with Crippen molar-refractivity contribution in [2.75, 3.05) is 0 Å². The van der Waals surface area contributed by atoms with Crippen molar-refractivity contribution in [1.29, 1.82) is 0 Å². The van der Waals surface area contributed by atoms with E-state index in [1.54, 1.807) is 11.3 Å². The third kappa shape index (κ3) is 5.54. The summed E-state index contributed by atoms with van der Waals surface area (Å²) in [6.07, 6.45) is 0. The second-order valence-electron chi connectivity index (χ2n) is 17.6. The van der Waals surface area contributed by atoms with E-state index in [4.69, 9.17) is 19.4 Å². The van der Waals surface area contributed by atoms with Crippen molar-refractivity contribution in [2.45, 2.75) is 0 Å². The third-order valence-corrected chi connectivity index (χ3v) is 14.8. The fourth-order valence-corrected chi connectivity index (χ4v) is 11.8. The molecule has 7 heteroatoms. The van der Waals surface area contributed by atoms with Crippen molar-refractivity contribution in [3.63, 3.8) is 0 Å². The number of hydrogen-bond acceptors (Lipinski definition) is 5. The van der Waals surface area contributed by atoms with Crippen LogP contribution in [0.2, 0.25) is 0 Å². The number of benzene rings is 10. The fraction of sp³-hybridized carbons (Fsp3) is 0. The molecule has 0 saturated carbocycles. The van der Waals surface area contributed by atoms with Gasteiger partial charge < -0.3 is 13.6 Å². The van der Waals surface area contributed by atoms with Gasteiger partial charge in [-0.25, -0.2) is 15.0 Å². The molecule has 15 aromatic rings. The molecule has 5 heterocycles. The first-order valence-corrected chi connectivity index (χ1v) is 23.6. The maximum absolute atomic E-state index is 6.80. The third-order valence-electron chi connectivity index (χ3n) is 13.7. The Balaban J connectivity index is 1.01. The first-order chi connectivity index (χ1) is 33.7. The molecule has 10 aromatic carbocycles. The molecule has 0 atom stereocenters. The quantitative estimate of drug-likeness (QED) is 0.173. The van der Waals surface area contributed by atoms with Gasteiger partial charge in [0.15, 0.2) is 17.5 Å². The van der Waals surface area contributed by atoms with Gasteiger partial charge in [0.2, 0.25) is 0 Å². The van der Waals surface area contributed by atoms with Gasteiger partial charge in [0, 0.05) is 69.5 Å². The van der Waals surface area contributed by atoms with Crippen molar-refractivity contribution in [3.05, 3.63) is 212 Å². The maximum Gasteiger partial charge on any atom is 0.164 e. The van der Waals surface area contributed by atoms with E-state index in [2.05, 4.69) is 209 Å². The predicted molar refractivity (Wildman–Crippen MR) is 282 cm³/mol. The summed E-state index contributed by atoms with van der Waals surface area (Å²) < 4.78 is 14.0. The lowest BCUT2D eigenvalue weighted by atomic mass is 10.0. The van der Waals surface area contributed by atoms with E-state index in [0.717, 1.165) is 82.8 Å². The molecule has 68 heavy (non-hydrogen) atoms. The molecule has 316 valence electrons. The van der Waals surface area contributed by atoms with Crippen LogP contribution in [0.3, 0.4) is 0 Å². The summed E-state index contributed by atoms with van der Waals surface area (Å²) in [6, 6.07) is 75.6. The van der Waals surface area contributed by atoms with Gasteiger partial charge in [-0.2, -0.15) is 0 Å². The summed E-state index contributed by atoms with van der Waals surface area (Å²) in [4.78, 5) is 16.2. The highest BCUT2D eigenvalue weighted by Crippen LogP contribution is 2.43. The van der Waals surface area contributed by atoms with Gasteiger partial charge in [-0.15, -0.1) is 11.3 Å². The Morgan fingerprint density at radius 1 is 0.338 bits per heavy atom. The number of thiophene rings is 1. The van der Waals surface area contributed by atoms with Crippen LogP contribution >= 0.6 is 11.3 Å². The van der Waals surface area contributed by atoms with Crippen LogP contribution in [0, 0.1) is 0 Å². The van der Waals surface area contributed by atoms with Crippen molar-refractivity contribution in [3.8, 4) is 45.5 Å². The van der Waals surface area contributed by atoms with Gasteiger partial charge in [-0.3, -0.25) is 0 Å². The van der Waals surface area contributed by atoms with Crippen LogP contribution in [-0.2, 0) is 0 Å². The lowest BCUT2D eigenvalue weighted by Gasteiger charge is -2.13. The van der Waals surface area contributed by atoms with Crippen LogP contribution in [0.15, 0.2) is 217 Å². The zero-order valence-electron chi connectivity index (χ0n) is 36.3. The molecule has 15 rings (SSSR count). The monoisotopic (exact) mass is 885 g/mol. The molecule has 0 aliphatic carbocycles. The maximum atomic E-state index is 6.80. The first kappa shape index (κ1) is 37.3. The van der Waals surface area contributed by atoms with Crippen LogP contribution in [0.4, 0.5) is 0 Å². The number of aromatic nitrogens is 5. The van der Waals surface area contributed by atoms with Crippen LogP contribution < -0.4 is 0 Å². The van der Waals surface area contributed by atoms with E-state index in [1.807, 2.05) is 12.1 Å². The molecular formula is C61H35N5OS. The van der Waals surface area contributed by atoms with Gasteiger partial charge in [-0.05, 0) is 95.7 Å². The second kappa shape index (κ2) is 14.3. The highest BCUT2D eigenvalue weighted by Gasteiger charge is 2.23. The highest BCUT2D eigenvalue weighted by atomic mass is 32.1. The molecular weight excluding hydrogens is 851 g/mol. The van der Waals surface area contributed by atoms with Gasteiger partial charge in [0.05, 0.1) is 33.1 Å². The van der Waals surface area contributed by atoms with Crippen LogP contribution in [0.25, 0.3) is 142 Å². The molecule has 0 aliphatic rings. The number of hydrogen-bond donors (Lipinski definition) is 0. The first-order valence-electron chi connectivity index (χ1n) is 22.8. The topological polar surface area (TPSA) is 61.7 Å². The van der Waals surface area contributed by atoms with Gasteiger partial charge in [0.25, 0.3) is 0 Å². The average molecular weight is 886 g/mol. The molecule has 0 saturated heterocycles. The number of para-hydroxylation sites is 4. The summed E-state index contributed by atoms with van der Waals surface area (Å²) >= 11 is 1.79. The smallest absolute Gasteiger partial charge is 0.164 e. The second-order valence-corrected chi connectivity index (χ2v) is 18.7. The molecule has 0 fully saturated rings. The summed E-state index contributed by atoms with van der Waals surface area (Å²) in [6.45, 7) is 0. The van der Waals surface area contributed by atoms with Gasteiger partial charge in [0.1, 0.15) is 11.2 Å². The van der Waals surface area contributed by atoms with Crippen LogP contribution in [0.1, 0.15) is 0 Å². The molecule has 0 amide bonds. The Labute approximate surface area is 392 Å². The van der Waals surface area contributed by atoms with Crippen LogP contribution in [-0.4, -0.2) is 24.1 Å². The number of nitrogens with zero attached hydrogens (tertiary/aromatic N) is 5. The number of rotatable bonds is 5. The summed E-state index contributed by atoms with van der Waals surface area (Å²) in [7, 11) is 0. The lowest BCUT2D eigenvalue weighted by Crippen LogP contribution is -2.02. The van der Waals surface area contributed by atoms with Gasteiger partial charge >= 0.3 is 0 Å². The van der Waals surface area contributed by atoms with E-state index in [1.165, 1.54) is 41.7 Å². The largest absolute Gasteiger partial charge is 0.456 e. The average Bonchev–Trinajstić information content (AvgIpc) is 4.15. The minimum atomic E-state index is 0.558. The molecule has 0 radical (unpaired) electrons. The van der Waals surface area contributed by atoms with E-state index >= 15 is 0 Å². The number of furan rings is 1. The predicted octanol–water partition coefficient (Wildman–Crippen LogP) is 16.5. The molecule has 0 N–H and O–H groups in total. The molecule has 0 unspecified atom stereocenters. The Morgan fingerprint density at radius 2 is 0.912 bits per heavy atom. The normalized spacial score (nSPS) is 12.1. The lowest BCUT2D eigenvalue weighted by molar-refractivity contribution is 0.669. The standard InChI is InChI=1S/C61H35N5OS/c1-2-16-41(17-3-1)65-49-22-10-6-18-42(49)47-31-38(27-29-51(47)65)59-62-60(39-26-28-45-44-20-9-13-25-56(44)68-57(45)35-39)64-61(63-59)40-33-53(58-46-21-8-12-24-54(46)67-55(58)34-40)66-50-23-11-7-19-43(50)48-30-36-14-4-5-15-37(36)32-52(48)66/h1-35H. The molecule has 0 bridgehead atoms.